The van der Waals surface area contributed by atoms with E-state index in [-0.39, 0.29) is 18.3 Å². The van der Waals surface area contributed by atoms with E-state index in [9.17, 15) is 10.1 Å². The largest absolute Gasteiger partial charge is 0.454 e. The van der Waals surface area contributed by atoms with Gasteiger partial charge in [-0.15, -0.1) is 0 Å². The van der Waals surface area contributed by atoms with E-state index in [1.54, 1.807) is 24.3 Å². The summed E-state index contributed by atoms with van der Waals surface area (Å²) in [6.45, 7) is 0.663. The van der Waals surface area contributed by atoms with Crippen LogP contribution in [0.4, 0.5) is 0 Å². The van der Waals surface area contributed by atoms with E-state index < -0.39 is 0 Å². The maximum atomic E-state index is 12.1. The van der Waals surface area contributed by atoms with Crippen molar-refractivity contribution in [2.24, 2.45) is 0 Å². The molecule has 2 aromatic rings. The number of nitrogens with zero attached hydrogens (tertiary/aromatic N) is 1. The third-order valence-electron chi connectivity index (χ3n) is 3.61. The molecule has 24 heavy (non-hydrogen) atoms. The lowest BCUT2D eigenvalue weighted by atomic mass is 10.1. The first-order valence-electron chi connectivity index (χ1n) is 7.60. The summed E-state index contributed by atoms with van der Waals surface area (Å²) in [5.41, 5.74) is 1.91. The van der Waals surface area contributed by atoms with Crippen LogP contribution in [0.15, 0.2) is 54.1 Å². The summed E-state index contributed by atoms with van der Waals surface area (Å²) in [5, 5.41) is 12.0. The van der Waals surface area contributed by atoms with Gasteiger partial charge in [0, 0.05) is 6.54 Å². The summed E-state index contributed by atoms with van der Waals surface area (Å²) in [6.07, 6.45) is 2.26. The van der Waals surface area contributed by atoms with Crippen LogP contribution in [0.25, 0.3) is 6.08 Å². The molecule has 0 bridgehead atoms. The summed E-state index contributed by atoms with van der Waals surface area (Å²) in [5.74, 6) is 0.898. The van der Waals surface area contributed by atoms with E-state index in [0.29, 0.717) is 23.6 Å². The molecule has 3 rings (SSSR count). The first-order valence-corrected chi connectivity index (χ1v) is 7.60. The predicted octanol–water partition coefficient (Wildman–Crippen LogP) is 2.68. The van der Waals surface area contributed by atoms with Gasteiger partial charge in [-0.05, 0) is 35.8 Å². The average Bonchev–Trinajstić information content (AvgIpc) is 3.08. The highest BCUT2D eigenvalue weighted by atomic mass is 16.7. The standard InChI is InChI=1S/C19H16N2O3/c20-12-16(10-15-6-7-17-18(11-15)24-13-23-17)19(22)21-9-8-14-4-2-1-3-5-14/h1-7,10-11H,8-9,13H2,(H,21,22)/b16-10+. The van der Waals surface area contributed by atoms with Crippen LogP contribution in [0.5, 0.6) is 11.5 Å². The second-order valence-electron chi connectivity index (χ2n) is 5.27. The van der Waals surface area contributed by atoms with Gasteiger partial charge in [-0.25, -0.2) is 0 Å². The number of fused-ring (bicyclic) bond motifs is 1. The molecule has 1 heterocycles. The number of benzene rings is 2. The summed E-state index contributed by atoms with van der Waals surface area (Å²) in [4.78, 5) is 12.1. The molecule has 0 fully saturated rings. The molecule has 0 unspecified atom stereocenters. The highest BCUT2D eigenvalue weighted by molar-refractivity contribution is 6.01. The Bertz CT molecular complexity index is 807. The Labute approximate surface area is 140 Å². The van der Waals surface area contributed by atoms with Gasteiger partial charge in [-0.1, -0.05) is 36.4 Å². The van der Waals surface area contributed by atoms with Gasteiger partial charge < -0.3 is 14.8 Å². The Morgan fingerprint density at radius 3 is 2.75 bits per heavy atom. The van der Waals surface area contributed by atoms with E-state index >= 15 is 0 Å². The Kier molecular flexibility index (Phi) is 4.78. The number of hydrogen-bond donors (Lipinski definition) is 1. The molecule has 0 atom stereocenters. The SMILES string of the molecule is N#C/C(=C\c1ccc2c(c1)OCO2)C(=O)NCCc1ccccc1. The third kappa shape index (κ3) is 3.73. The fourth-order valence-electron chi connectivity index (χ4n) is 2.38. The number of nitrogens with one attached hydrogen (secondary N) is 1. The number of nitriles is 1. The molecular formula is C19H16N2O3. The monoisotopic (exact) mass is 320 g/mol. The lowest BCUT2D eigenvalue weighted by molar-refractivity contribution is -0.117. The molecule has 120 valence electrons. The molecule has 5 nitrogen and oxygen atoms in total. The van der Waals surface area contributed by atoms with Gasteiger partial charge in [0.15, 0.2) is 11.5 Å². The van der Waals surface area contributed by atoms with Crippen molar-refractivity contribution in [1.82, 2.24) is 5.32 Å². The van der Waals surface area contributed by atoms with Gasteiger partial charge in [0.25, 0.3) is 5.91 Å². The molecule has 1 aliphatic heterocycles. The molecule has 1 aliphatic rings. The topological polar surface area (TPSA) is 71.3 Å². The van der Waals surface area contributed by atoms with Crippen LogP contribution in [0.3, 0.4) is 0 Å². The molecule has 5 heteroatoms. The molecular weight excluding hydrogens is 304 g/mol. The number of carbonyl (C=O) groups is 1. The molecule has 0 aliphatic carbocycles. The smallest absolute Gasteiger partial charge is 0.261 e. The fraction of sp³-hybridized carbons (Fsp3) is 0.158. The van der Waals surface area contributed by atoms with Crippen molar-refractivity contribution >= 4 is 12.0 Å². The van der Waals surface area contributed by atoms with Crippen molar-refractivity contribution in [3.05, 3.63) is 65.2 Å². The van der Waals surface area contributed by atoms with Crippen molar-refractivity contribution in [2.75, 3.05) is 13.3 Å². The molecule has 0 aromatic heterocycles. The second kappa shape index (κ2) is 7.34. The highest BCUT2D eigenvalue weighted by Crippen LogP contribution is 2.33. The van der Waals surface area contributed by atoms with Gasteiger partial charge in [0.05, 0.1) is 0 Å². The average molecular weight is 320 g/mol. The lowest BCUT2D eigenvalue weighted by Gasteiger charge is -2.05. The first kappa shape index (κ1) is 15.6. The molecule has 1 amide bonds. The van der Waals surface area contributed by atoms with E-state index in [1.807, 2.05) is 36.4 Å². The molecule has 2 aromatic carbocycles. The van der Waals surface area contributed by atoms with Gasteiger partial charge in [-0.2, -0.15) is 5.26 Å². The zero-order chi connectivity index (χ0) is 16.8. The van der Waals surface area contributed by atoms with Crippen molar-refractivity contribution < 1.29 is 14.3 Å². The summed E-state index contributed by atoms with van der Waals surface area (Å²) < 4.78 is 10.5. The zero-order valence-electron chi connectivity index (χ0n) is 13.0. The minimum atomic E-state index is -0.383. The fourth-order valence-corrected chi connectivity index (χ4v) is 2.38. The Morgan fingerprint density at radius 2 is 1.96 bits per heavy atom. The molecule has 1 N–H and O–H groups in total. The zero-order valence-corrected chi connectivity index (χ0v) is 13.0. The minimum Gasteiger partial charge on any atom is -0.454 e. The van der Waals surface area contributed by atoms with Crippen LogP contribution in [0, 0.1) is 11.3 Å². The summed E-state index contributed by atoms with van der Waals surface area (Å²) in [6, 6.07) is 17.1. The van der Waals surface area contributed by atoms with Crippen LogP contribution < -0.4 is 14.8 Å². The number of ether oxygens (including phenoxy) is 2. The van der Waals surface area contributed by atoms with Gasteiger partial charge in [-0.3, -0.25) is 4.79 Å². The maximum absolute atomic E-state index is 12.1. The van der Waals surface area contributed by atoms with Crippen LogP contribution >= 0.6 is 0 Å². The third-order valence-corrected chi connectivity index (χ3v) is 3.61. The van der Waals surface area contributed by atoms with E-state index in [2.05, 4.69) is 5.32 Å². The number of rotatable bonds is 5. The van der Waals surface area contributed by atoms with Gasteiger partial charge >= 0.3 is 0 Å². The molecule has 0 spiro atoms. The maximum Gasteiger partial charge on any atom is 0.261 e. The molecule has 0 saturated carbocycles. The van der Waals surface area contributed by atoms with E-state index in [0.717, 1.165) is 12.0 Å². The summed E-state index contributed by atoms with van der Waals surface area (Å²) >= 11 is 0. The lowest BCUT2D eigenvalue weighted by Crippen LogP contribution is -2.26. The quantitative estimate of drug-likeness (QED) is 0.679. The summed E-state index contributed by atoms with van der Waals surface area (Å²) in [7, 11) is 0. The van der Waals surface area contributed by atoms with Crippen LogP contribution in [-0.2, 0) is 11.2 Å². The van der Waals surface area contributed by atoms with Crippen LogP contribution in [0.2, 0.25) is 0 Å². The normalized spacial score (nSPS) is 12.5. The Balaban J connectivity index is 1.62. The molecule has 0 saturated heterocycles. The second-order valence-corrected chi connectivity index (χ2v) is 5.27. The van der Waals surface area contributed by atoms with E-state index in [4.69, 9.17) is 9.47 Å². The first-order chi connectivity index (χ1) is 11.8. The molecule has 0 radical (unpaired) electrons. The van der Waals surface area contributed by atoms with Gasteiger partial charge in [0.2, 0.25) is 6.79 Å². The number of hydrogen-bond acceptors (Lipinski definition) is 4. The van der Waals surface area contributed by atoms with Crippen molar-refractivity contribution in [3.63, 3.8) is 0 Å². The van der Waals surface area contributed by atoms with Crippen molar-refractivity contribution in [2.45, 2.75) is 6.42 Å². The number of carbonyl (C=O) groups excluding carboxylic acids is 1. The van der Waals surface area contributed by atoms with Gasteiger partial charge in [0.1, 0.15) is 11.6 Å². The van der Waals surface area contributed by atoms with Crippen molar-refractivity contribution in [3.8, 4) is 17.6 Å². The van der Waals surface area contributed by atoms with Crippen molar-refractivity contribution in [1.29, 1.82) is 5.26 Å². The van der Waals surface area contributed by atoms with E-state index in [1.165, 1.54) is 0 Å². The minimum absolute atomic E-state index is 0.0573. The number of amides is 1. The van der Waals surface area contributed by atoms with Crippen LogP contribution in [0.1, 0.15) is 11.1 Å². The predicted molar refractivity (Wildman–Crippen MR) is 89.3 cm³/mol. The highest BCUT2D eigenvalue weighted by Gasteiger charge is 2.14. The Morgan fingerprint density at radius 1 is 1.17 bits per heavy atom. The Hall–Kier alpha value is -3.26. The van der Waals surface area contributed by atoms with Crippen LogP contribution in [-0.4, -0.2) is 19.2 Å².